The van der Waals surface area contributed by atoms with Crippen LogP contribution in [-0.2, 0) is 19.8 Å². The van der Waals surface area contributed by atoms with E-state index in [9.17, 15) is 0 Å². The Morgan fingerprint density at radius 3 is 2.37 bits per heavy atom. The highest BCUT2D eigenvalue weighted by atomic mass is 32.1. The van der Waals surface area contributed by atoms with Gasteiger partial charge in [-0.1, -0.05) is 35.5 Å². The van der Waals surface area contributed by atoms with Crippen LogP contribution < -0.4 is 4.74 Å². The van der Waals surface area contributed by atoms with Crippen molar-refractivity contribution in [3.63, 3.8) is 0 Å². The van der Waals surface area contributed by atoms with Gasteiger partial charge in [0.05, 0.1) is 26.9 Å². The number of benzene rings is 2. The molecule has 2 aromatic carbocycles. The zero-order valence-electron chi connectivity index (χ0n) is 20.0. The fraction of sp³-hybridized carbons (Fsp3) is 0.360. The van der Waals surface area contributed by atoms with Crippen LogP contribution in [0.2, 0.25) is 0 Å². The Bertz CT molecular complexity index is 1310. The number of ether oxygens (including phenoxy) is 1. The zero-order chi connectivity index (χ0) is 24.2. The summed E-state index contributed by atoms with van der Waals surface area (Å²) in [6, 6.07) is 18.0. The number of aryl methyl sites for hydroxylation is 1. The molecule has 35 heavy (non-hydrogen) atoms. The van der Waals surface area contributed by atoms with Crippen molar-refractivity contribution in [2.45, 2.75) is 26.7 Å². The highest BCUT2D eigenvalue weighted by molar-refractivity contribution is 7.71. The molecule has 0 bridgehead atoms. The summed E-state index contributed by atoms with van der Waals surface area (Å²) in [5, 5.41) is 8.85. The van der Waals surface area contributed by atoms with Crippen LogP contribution in [-0.4, -0.2) is 67.6 Å². The van der Waals surface area contributed by atoms with E-state index >= 15 is 0 Å². The van der Waals surface area contributed by atoms with Gasteiger partial charge in [-0.2, -0.15) is 10.1 Å². The van der Waals surface area contributed by atoms with E-state index in [2.05, 4.69) is 36.6 Å². The molecular weight excluding hydrogens is 462 g/mol. The second kappa shape index (κ2) is 10.5. The Kier molecular flexibility index (Phi) is 7.03. The third-order valence-electron chi connectivity index (χ3n) is 6.27. The van der Waals surface area contributed by atoms with Gasteiger partial charge in [0.15, 0.2) is 4.77 Å². The quantitative estimate of drug-likeness (QED) is 0.346. The van der Waals surface area contributed by atoms with Crippen molar-refractivity contribution in [1.29, 1.82) is 0 Å². The van der Waals surface area contributed by atoms with Gasteiger partial charge in [-0.15, -0.1) is 0 Å². The van der Waals surface area contributed by atoms with Crippen molar-refractivity contribution in [3.8, 4) is 17.1 Å². The van der Waals surface area contributed by atoms with Crippen LogP contribution in [0.5, 0.6) is 5.75 Å². The highest BCUT2D eigenvalue weighted by Gasteiger charge is 2.21. The summed E-state index contributed by atoms with van der Waals surface area (Å²) in [7, 11) is 1.65. The Hall–Kier alpha value is -3.34. The van der Waals surface area contributed by atoms with Crippen LogP contribution in [0.3, 0.4) is 0 Å². The number of hydrogen-bond donors (Lipinski definition) is 0. The molecule has 1 aliphatic heterocycles. The van der Waals surface area contributed by atoms with Gasteiger partial charge in [0.2, 0.25) is 11.7 Å². The second-order valence-electron chi connectivity index (χ2n) is 8.68. The first-order valence-electron chi connectivity index (χ1n) is 11.7. The average molecular weight is 492 g/mol. The van der Waals surface area contributed by atoms with Gasteiger partial charge >= 0.3 is 0 Å². The fourth-order valence-corrected chi connectivity index (χ4v) is 4.53. The smallest absolute Gasteiger partial charge is 0.241 e. The highest BCUT2D eigenvalue weighted by Crippen LogP contribution is 2.20. The Morgan fingerprint density at radius 1 is 0.943 bits per heavy atom. The first kappa shape index (κ1) is 23.4. The lowest BCUT2D eigenvalue weighted by Gasteiger charge is -2.33. The van der Waals surface area contributed by atoms with Gasteiger partial charge in [-0.25, -0.2) is 4.68 Å². The zero-order valence-corrected chi connectivity index (χ0v) is 20.8. The van der Waals surface area contributed by atoms with E-state index in [0.29, 0.717) is 24.9 Å². The number of methoxy groups -OCH3 is 1. The van der Waals surface area contributed by atoms with Gasteiger partial charge in [0.1, 0.15) is 11.6 Å². The largest absolute Gasteiger partial charge is 0.497 e. The molecule has 0 radical (unpaired) electrons. The minimum atomic E-state index is 0.595. The molecule has 1 saturated heterocycles. The monoisotopic (exact) mass is 491 g/mol. The maximum Gasteiger partial charge on any atom is 0.241 e. The van der Waals surface area contributed by atoms with E-state index in [1.165, 1.54) is 5.56 Å². The van der Waals surface area contributed by atoms with E-state index in [1.807, 2.05) is 54.1 Å². The molecule has 182 valence electrons. The third-order valence-corrected chi connectivity index (χ3v) is 6.70. The second-order valence-corrected chi connectivity index (χ2v) is 9.04. The molecule has 9 nitrogen and oxygen atoms in total. The summed E-state index contributed by atoms with van der Waals surface area (Å²) in [6.45, 7) is 7.75. The minimum absolute atomic E-state index is 0.595. The predicted molar refractivity (Wildman–Crippen MR) is 134 cm³/mol. The Labute approximate surface area is 209 Å². The molecule has 10 heteroatoms. The van der Waals surface area contributed by atoms with Crippen molar-refractivity contribution < 1.29 is 9.26 Å². The van der Waals surface area contributed by atoms with Crippen LogP contribution >= 0.6 is 12.2 Å². The minimum Gasteiger partial charge on any atom is -0.497 e. The van der Waals surface area contributed by atoms with E-state index in [1.54, 1.807) is 7.11 Å². The third kappa shape index (κ3) is 5.50. The van der Waals surface area contributed by atoms with Crippen molar-refractivity contribution in [3.05, 3.63) is 76.6 Å². The van der Waals surface area contributed by atoms with Crippen molar-refractivity contribution in [2.24, 2.45) is 0 Å². The van der Waals surface area contributed by atoms with Gasteiger partial charge in [-0.3, -0.25) is 14.4 Å². The molecule has 0 atom stereocenters. The molecule has 0 N–H and O–H groups in total. The Morgan fingerprint density at radius 2 is 1.66 bits per heavy atom. The summed E-state index contributed by atoms with van der Waals surface area (Å²) in [6.07, 6.45) is 0. The van der Waals surface area contributed by atoms with Gasteiger partial charge < -0.3 is 9.26 Å². The molecule has 0 aliphatic carbocycles. The summed E-state index contributed by atoms with van der Waals surface area (Å²) in [5.74, 6) is 2.95. The molecule has 2 aromatic heterocycles. The normalized spacial score (nSPS) is 14.9. The molecule has 0 unspecified atom stereocenters. The van der Waals surface area contributed by atoms with E-state index in [0.717, 1.165) is 54.6 Å². The Balaban J connectivity index is 1.15. The van der Waals surface area contributed by atoms with Crippen molar-refractivity contribution >= 4 is 12.2 Å². The molecule has 0 spiro atoms. The predicted octanol–water partition coefficient (Wildman–Crippen LogP) is 3.60. The molecule has 0 amide bonds. The van der Waals surface area contributed by atoms with Gasteiger partial charge in [0, 0.05) is 31.7 Å². The van der Waals surface area contributed by atoms with E-state index < -0.39 is 0 Å². The van der Waals surface area contributed by atoms with Crippen LogP contribution in [0.4, 0.5) is 0 Å². The fourth-order valence-electron chi connectivity index (χ4n) is 4.24. The maximum absolute atomic E-state index is 5.74. The molecule has 3 heterocycles. The van der Waals surface area contributed by atoms with Crippen molar-refractivity contribution in [1.82, 2.24) is 34.3 Å². The van der Waals surface area contributed by atoms with Gasteiger partial charge in [-0.05, 0) is 49.0 Å². The number of rotatable bonds is 8. The first-order chi connectivity index (χ1) is 17.1. The molecule has 0 saturated carbocycles. The molecular formula is C25H29N7O2S. The van der Waals surface area contributed by atoms with Crippen LogP contribution in [0.25, 0.3) is 11.4 Å². The summed E-state index contributed by atoms with van der Waals surface area (Å²) in [5.41, 5.74) is 2.13. The van der Waals surface area contributed by atoms with E-state index in [4.69, 9.17) is 26.6 Å². The lowest BCUT2D eigenvalue weighted by Crippen LogP contribution is -2.46. The molecule has 4 aromatic rings. The molecule has 1 aliphatic rings. The topological polar surface area (TPSA) is 77.4 Å². The standard InChI is InChI=1S/C25H29N7O2S/c1-19-27-32(25(35)31(19)16-20-6-4-3-5-7-20)18-30-14-12-29(13-15-30)17-23-26-24(28-34-23)21-8-10-22(33-2)11-9-21/h3-11H,12-18H2,1-2H3. The van der Waals surface area contributed by atoms with Gasteiger partial charge in [0.25, 0.3) is 0 Å². The number of piperazine rings is 1. The van der Waals surface area contributed by atoms with Crippen LogP contribution in [0, 0.1) is 11.7 Å². The molecule has 1 fully saturated rings. The summed E-state index contributed by atoms with van der Waals surface area (Å²) >= 11 is 5.74. The van der Waals surface area contributed by atoms with Crippen LogP contribution in [0.1, 0.15) is 17.3 Å². The summed E-state index contributed by atoms with van der Waals surface area (Å²) < 4.78 is 15.5. The lowest BCUT2D eigenvalue weighted by molar-refractivity contribution is 0.0907. The summed E-state index contributed by atoms with van der Waals surface area (Å²) in [4.78, 5) is 9.28. The average Bonchev–Trinajstić information content (AvgIpc) is 3.46. The van der Waals surface area contributed by atoms with E-state index in [-0.39, 0.29) is 0 Å². The number of aromatic nitrogens is 5. The maximum atomic E-state index is 5.74. The lowest BCUT2D eigenvalue weighted by atomic mass is 10.2. The van der Waals surface area contributed by atoms with Crippen molar-refractivity contribution in [2.75, 3.05) is 33.3 Å². The molecule has 5 rings (SSSR count). The SMILES string of the molecule is COc1ccc(-c2noc(CN3CCN(Cn4nc(C)n(Cc5ccccc5)c4=S)CC3)n2)cc1. The first-order valence-corrected chi connectivity index (χ1v) is 12.1. The number of hydrogen-bond acceptors (Lipinski definition) is 8. The number of nitrogens with zero attached hydrogens (tertiary/aromatic N) is 7. The van der Waals surface area contributed by atoms with Crippen LogP contribution in [0.15, 0.2) is 59.1 Å².